The highest BCUT2D eigenvalue weighted by Gasteiger charge is 2.47. The number of pyridine rings is 1. The van der Waals surface area contributed by atoms with Crippen LogP contribution in [0.2, 0.25) is 0 Å². The number of hydrogen-bond donors (Lipinski definition) is 1. The van der Waals surface area contributed by atoms with Crippen LogP contribution in [0.15, 0.2) is 29.0 Å². The maximum atomic E-state index is 14.0. The third-order valence-corrected chi connectivity index (χ3v) is 3.47. The number of furan rings is 1. The third-order valence-electron chi connectivity index (χ3n) is 3.47. The minimum atomic E-state index is -2.38. The number of carbonyl (C=O) groups is 2. The van der Waals surface area contributed by atoms with E-state index in [-0.39, 0.29) is 18.7 Å². The summed E-state index contributed by atoms with van der Waals surface area (Å²) >= 11 is 0. The van der Waals surface area contributed by atoms with E-state index >= 15 is 0 Å². The number of rotatable bonds is 2. The molecule has 1 amide bonds. The van der Waals surface area contributed by atoms with E-state index in [1.165, 1.54) is 17.4 Å². The van der Waals surface area contributed by atoms with Gasteiger partial charge in [-0.1, -0.05) is 0 Å². The van der Waals surface area contributed by atoms with Crippen LogP contribution < -0.4 is 0 Å². The van der Waals surface area contributed by atoms with E-state index in [2.05, 4.69) is 4.98 Å². The predicted octanol–water partition coefficient (Wildman–Crippen LogP) is 1.47. The standard InChI is InChI=1S/C13H11FN2O4/c14-13(12(18)19)3-5-16(7-13)11(17)10-8-2-6-20-9(8)1-4-15-10/h1-2,4,6H,3,5,7H2,(H,18,19). The zero-order chi connectivity index (χ0) is 14.3. The average Bonchev–Trinajstić information content (AvgIpc) is 3.04. The molecular weight excluding hydrogens is 267 g/mol. The summed E-state index contributed by atoms with van der Waals surface area (Å²) in [6, 6.07) is 3.22. The Hall–Kier alpha value is -2.44. The molecule has 2 aromatic heterocycles. The summed E-state index contributed by atoms with van der Waals surface area (Å²) in [6.45, 7) is -0.408. The number of amides is 1. The van der Waals surface area contributed by atoms with Gasteiger partial charge in [0.1, 0.15) is 11.3 Å². The summed E-state index contributed by atoms with van der Waals surface area (Å²) in [4.78, 5) is 28.4. The molecule has 2 aromatic rings. The first-order chi connectivity index (χ1) is 9.51. The summed E-state index contributed by atoms with van der Waals surface area (Å²) in [7, 11) is 0. The van der Waals surface area contributed by atoms with Crippen LogP contribution in [-0.4, -0.2) is 45.6 Å². The lowest BCUT2D eigenvalue weighted by Crippen LogP contribution is -2.39. The Kier molecular flexibility index (Phi) is 2.70. The molecule has 1 N–H and O–H groups in total. The second-order valence-corrected chi connectivity index (χ2v) is 4.74. The molecule has 0 aromatic carbocycles. The number of likely N-dealkylation sites (tertiary alicyclic amines) is 1. The monoisotopic (exact) mass is 278 g/mol. The Morgan fingerprint density at radius 2 is 2.25 bits per heavy atom. The van der Waals surface area contributed by atoms with Gasteiger partial charge in [-0.05, 0) is 12.1 Å². The SMILES string of the molecule is O=C(c1nccc2occc12)N1CCC(F)(C(=O)O)C1. The highest BCUT2D eigenvalue weighted by atomic mass is 19.1. The average molecular weight is 278 g/mol. The lowest BCUT2D eigenvalue weighted by Gasteiger charge is -2.17. The molecular formula is C13H11FN2O4. The van der Waals surface area contributed by atoms with Crippen molar-refractivity contribution in [1.29, 1.82) is 0 Å². The molecule has 20 heavy (non-hydrogen) atoms. The molecule has 0 aliphatic carbocycles. The number of carbonyl (C=O) groups excluding carboxylic acids is 1. The zero-order valence-corrected chi connectivity index (χ0v) is 10.4. The number of halogens is 1. The molecule has 1 aliphatic rings. The van der Waals surface area contributed by atoms with E-state index in [0.717, 1.165) is 0 Å². The van der Waals surface area contributed by atoms with Gasteiger partial charge < -0.3 is 14.4 Å². The predicted molar refractivity (Wildman–Crippen MR) is 66.0 cm³/mol. The maximum absolute atomic E-state index is 14.0. The van der Waals surface area contributed by atoms with Gasteiger partial charge >= 0.3 is 5.97 Å². The minimum absolute atomic E-state index is 0.0531. The Morgan fingerprint density at radius 1 is 1.45 bits per heavy atom. The fourth-order valence-corrected chi connectivity index (χ4v) is 2.34. The number of carboxylic acids is 1. The van der Waals surface area contributed by atoms with Crippen LogP contribution in [0.4, 0.5) is 4.39 Å². The molecule has 1 fully saturated rings. The van der Waals surface area contributed by atoms with Gasteiger partial charge in [0.15, 0.2) is 0 Å². The molecule has 0 saturated carbocycles. The molecule has 3 rings (SSSR count). The zero-order valence-electron chi connectivity index (χ0n) is 10.4. The number of fused-ring (bicyclic) bond motifs is 1. The van der Waals surface area contributed by atoms with Crippen LogP contribution in [0.25, 0.3) is 11.0 Å². The van der Waals surface area contributed by atoms with E-state index in [9.17, 15) is 14.0 Å². The van der Waals surface area contributed by atoms with Crippen molar-refractivity contribution in [3.8, 4) is 0 Å². The topological polar surface area (TPSA) is 83.6 Å². The van der Waals surface area contributed by atoms with Gasteiger partial charge in [0.25, 0.3) is 5.91 Å². The van der Waals surface area contributed by atoms with Crippen LogP contribution in [0, 0.1) is 0 Å². The first kappa shape index (κ1) is 12.6. The van der Waals surface area contributed by atoms with E-state index in [1.807, 2.05) is 0 Å². The third kappa shape index (κ3) is 1.82. The fraction of sp³-hybridized carbons (Fsp3) is 0.308. The second-order valence-electron chi connectivity index (χ2n) is 4.74. The molecule has 6 nitrogen and oxygen atoms in total. The Balaban J connectivity index is 1.91. The Bertz CT molecular complexity index is 698. The van der Waals surface area contributed by atoms with Crippen molar-refractivity contribution in [2.75, 3.05) is 13.1 Å². The van der Waals surface area contributed by atoms with Crippen molar-refractivity contribution < 1.29 is 23.5 Å². The minimum Gasteiger partial charge on any atom is -0.479 e. The molecule has 7 heteroatoms. The molecule has 3 heterocycles. The Labute approximate surface area is 112 Å². The molecule has 1 aliphatic heterocycles. The van der Waals surface area contributed by atoms with Crippen LogP contribution in [0.1, 0.15) is 16.9 Å². The number of aromatic nitrogens is 1. The summed E-state index contributed by atoms with van der Waals surface area (Å²) in [5, 5.41) is 9.37. The molecule has 1 unspecified atom stereocenters. The molecule has 0 spiro atoms. The molecule has 104 valence electrons. The summed E-state index contributed by atoms with van der Waals surface area (Å²) in [5.41, 5.74) is -1.72. The molecule has 1 saturated heterocycles. The molecule has 0 radical (unpaired) electrons. The summed E-state index contributed by atoms with van der Waals surface area (Å²) in [5.74, 6) is -2.03. The highest BCUT2D eigenvalue weighted by molar-refractivity contribution is 6.04. The van der Waals surface area contributed by atoms with E-state index < -0.39 is 24.1 Å². The van der Waals surface area contributed by atoms with Crippen LogP contribution in [0.3, 0.4) is 0 Å². The summed E-state index contributed by atoms with van der Waals surface area (Å²) in [6.07, 6.45) is 2.65. The van der Waals surface area contributed by atoms with Crippen molar-refractivity contribution >= 4 is 22.8 Å². The molecule has 1 atom stereocenters. The van der Waals surface area contributed by atoms with E-state index in [1.54, 1.807) is 12.1 Å². The number of nitrogens with zero attached hydrogens (tertiary/aromatic N) is 2. The number of alkyl halides is 1. The van der Waals surface area contributed by atoms with E-state index in [0.29, 0.717) is 11.0 Å². The fourth-order valence-electron chi connectivity index (χ4n) is 2.34. The van der Waals surface area contributed by atoms with Crippen LogP contribution in [0.5, 0.6) is 0 Å². The lowest BCUT2D eigenvalue weighted by atomic mass is 10.1. The van der Waals surface area contributed by atoms with Crippen molar-refractivity contribution in [2.45, 2.75) is 12.1 Å². The highest BCUT2D eigenvalue weighted by Crippen LogP contribution is 2.28. The number of hydrogen-bond acceptors (Lipinski definition) is 4. The first-order valence-corrected chi connectivity index (χ1v) is 6.05. The Morgan fingerprint density at radius 3 is 2.95 bits per heavy atom. The van der Waals surface area contributed by atoms with Crippen molar-refractivity contribution in [2.24, 2.45) is 0 Å². The second kappa shape index (κ2) is 4.29. The summed E-state index contributed by atoms with van der Waals surface area (Å²) < 4.78 is 19.2. The van der Waals surface area contributed by atoms with Crippen molar-refractivity contribution in [1.82, 2.24) is 9.88 Å². The smallest absolute Gasteiger partial charge is 0.343 e. The van der Waals surface area contributed by atoms with Crippen LogP contribution >= 0.6 is 0 Å². The normalized spacial score (nSPS) is 22.4. The number of aliphatic carboxylic acids is 1. The quantitative estimate of drug-likeness (QED) is 0.899. The van der Waals surface area contributed by atoms with Crippen molar-refractivity contribution in [3.05, 3.63) is 30.3 Å². The lowest BCUT2D eigenvalue weighted by molar-refractivity contribution is -0.149. The van der Waals surface area contributed by atoms with Gasteiger partial charge in [-0.25, -0.2) is 9.18 Å². The van der Waals surface area contributed by atoms with E-state index in [4.69, 9.17) is 9.52 Å². The van der Waals surface area contributed by atoms with Gasteiger partial charge in [-0.3, -0.25) is 9.78 Å². The van der Waals surface area contributed by atoms with Gasteiger partial charge in [0.2, 0.25) is 5.67 Å². The van der Waals surface area contributed by atoms with Crippen LogP contribution in [-0.2, 0) is 4.79 Å². The molecule has 0 bridgehead atoms. The van der Waals surface area contributed by atoms with Gasteiger partial charge in [0.05, 0.1) is 18.2 Å². The van der Waals surface area contributed by atoms with Gasteiger partial charge in [-0.15, -0.1) is 0 Å². The van der Waals surface area contributed by atoms with Gasteiger partial charge in [0, 0.05) is 19.2 Å². The first-order valence-electron chi connectivity index (χ1n) is 6.05. The van der Waals surface area contributed by atoms with Crippen molar-refractivity contribution in [3.63, 3.8) is 0 Å². The number of carboxylic acid groups (broad SMARTS) is 1. The largest absolute Gasteiger partial charge is 0.479 e. The van der Waals surface area contributed by atoms with Gasteiger partial charge in [-0.2, -0.15) is 0 Å². The maximum Gasteiger partial charge on any atom is 0.343 e.